The Balaban J connectivity index is 1.46. The van der Waals surface area contributed by atoms with Crippen molar-refractivity contribution in [1.82, 2.24) is 9.21 Å². The summed E-state index contributed by atoms with van der Waals surface area (Å²) in [5, 5.41) is 4.98. The first kappa shape index (κ1) is 21.5. The van der Waals surface area contributed by atoms with E-state index in [9.17, 15) is 13.2 Å². The van der Waals surface area contributed by atoms with E-state index in [1.54, 1.807) is 29.5 Å². The van der Waals surface area contributed by atoms with Crippen molar-refractivity contribution in [2.45, 2.75) is 36.7 Å². The van der Waals surface area contributed by atoms with Gasteiger partial charge in [0.05, 0.1) is 24.2 Å². The van der Waals surface area contributed by atoms with Gasteiger partial charge in [0.15, 0.2) is 0 Å². The Morgan fingerprint density at radius 3 is 2.73 bits per heavy atom. The summed E-state index contributed by atoms with van der Waals surface area (Å²) < 4.78 is 32.5. The molecule has 2 aromatic rings. The molecular formula is C21H27N3O4S2. The molecule has 162 valence electrons. The summed E-state index contributed by atoms with van der Waals surface area (Å²) in [6, 6.07) is 10.6. The third-order valence-corrected chi connectivity index (χ3v) is 8.62. The lowest BCUT2D eigenvalue weighted by molar-refractivity contribution is -0.121. The van der Waals surface area contributed by atoms with Gasteiger partial charge < -0.3 is 10.1 Å². The van der Waals surface area contributed by atoms with Crippen molar-refractivity contribution in [2.75, 3.05) is 38.2 Å². The van der Waals surface area contributed by atoms with Crippen molar-refractivity contribution in [3.63, 3.8) is 0 Å². The van der Waals surface area contributed by atoms with E-state index in [1.165, 1.54) is 15.2 Å². The van der Waals surface area contributed by atoms with Crippen LogP contribution in [0.2, 0.25) is 0 Å². The summed E-state index contributed by atoms with van der Waals surface area (Å²) in [5.74, 6) is -0.126. The van der Waals surface area contributed by atoms with Crippen LogP contribution in [0.3, 0.4) is 0 Å². The molecule has 2 aliphatic heterocycles. The molecule has 7 nitrogen and oxygen atoms in total. The molecule has 0 radical (unpaired) electrons. The number of carbonyl (C=O) groups excluding carboxylic acids is 1. The maximum Gasteiger partial charge on any atom is 0.243 e. The summed E-state index contributed by atoms with van der Waals surface area (Å²) in [7, 11) is -3.60. The number of rotatable bonds is 6. The zero-order chi connectivity index (χ0) is 21.1. The summed E-state index contributed by atoms with van der Waals surface area (Å²) in [5.41, 5.74) is 0.494. The fourth-order valence-electron chi connectivity index (χ4n) is 4.11. The van der Waals surface area contributed by atoms with Crippen molar-refractivity contribution in [2.24, 2.45) is 0 Å². The number of amides is 1. The van der Waals surface area contributed by atoms with E-state index >= 15 is 0 Å². The number of nitrogens with one attached hydrogen (secondary N) is 1. The third kappa shape index (κ3) is 4.45. The van der Waals surface area contributed by atoms with Crippen LogP contribution in [0, 0.1) is 0 Å². The zero-order valence-corrected chi connectivity index (χ0v) is 18.6. The molecule has 0 bridgehead atoms. The molecule has 3 heterocycles. The quantitative estimate of drug-likeness (QED) is 0.734. The smallest absolute Gasteiger partial charge is 0.243 e. The molecule has 4 rings (SSSR count). The number of benzene rings is 1. The molecule has 1 amide bonds. The van der Waals surface area contributed by atoms with Crippen LogP contribution in [0.1, 0.15) is 30.7 Å². The lowest BCUT2D eigenvalue weighted by Gasteiger charge is -2.29. The van der Waals surface area contributed by atoms with Gasteiger partial charge >= 0.3 is 0 Å². The first-order chi connectivity index (χ1) is 14.5. The van der Waals surface area contributed by atoms with Gasteiger partial charge in [-0.05, 0) is 56.0 Å². The third-order valence-electron chi connectivity index (χ3n) is 5.75. The van der Waals surface area contributed by atoms with Gasteiger partial charge in [-0.15, -0.1) is 11.3 Å². The van der Waals surface area contributed by atoms with Crippen LogP contribution in [0.4, 0.5) is 5.69 Å². The summed E-state index contributed by atoms with van der Waals surface area (Å²) in [6.07, 6.45) is 2.11. The lowest BCUT2D eigenvalue weighted by Crippen LogP contribution is -2.41. The largest absolute Gasteiger partial charge is 0.379 e. The fraction of sp³-hybridized carbons (Fsp3) is 0.476. The topological polar surface area (TPSA) is 79.0 Å². The average Bonchev–Trinajstić information content (AvgIpc) is 3.45. The molecule has 0 saturated carbocycles. The fourth-order valence-corrected chi connectivity index (χ4v) is 6.44. The molecule has 9 heteroatoms. The number of thiophene rings is 1. The summed E-state index contributed by atoms with van der Waals surface area (Å²) in [6.45, 7) is 4.27. The predicted molar refractivity (Wildman–Crippen MR) is 117 cm³/mol. The van der Waals surface area contributed by atoms with E-state index in [4.69, 9.17) is 4.74 Å². The standard InChI is InChI=1S/C21H27N3O4S2/c1-16(24-9-3-7-19(24)20-8-4-14-29-20)21(25)22-17-5-2-6-18(15-17)30(26,27)23-10-12-28-13-11-23/h2,4-6,8,14-16,19H,3,7,9-13H2,1H3,(H,22,25). The van der Waals surface area contributed by atoms with Crippen LogP contribution in [-0.4, -0.2) is 62.4 Å². The Morgan fingerprint density at radius 1 is 1.20 bits per heavy atom. The van der Waals surface area contributed by atoms with Crippen LogP contribution < -0.4 is 5.32 Å². The Labute approximate surface area is 181 Å². The van der Waals surface area contributed by atoms with Gasteiger partial charge in [-0.1, -0.05) is 12.1 Å². The average molecular weight is 450 g/mol. The normalized spacial score (nSPS) is 22.1. The number of sulfonamides is 1. The van der Waals surface area contributed by atoms with E-state index in [0.29, 0.717) is 32.0 Å². The second-order valence-corrected chi connectivity index (χ2v) is 10.5. The van der Waals surface area contributed by atoms with E-state index in [-0.39, 0.29) is 22.9 Å². The van der Waals surface area contributed by atoms with Crippen molar-refractivity contribution in [1.29, 1.82) is 0 Å². The Bertz CT molecular complexity index is 972. The molecule has 2 aliphatic rings. The molecule has 2 saturated heterocycles. The minimum Gasteiger partial charge on any atom is -0.379 e. The number of hydrogen-bond acceptors (Lipinski definition) is 6. The monoisotopic (exact) mass is 449 g/mol. The summed E-state index contributed by atoms with van der Waals surface area (Å²) >= 11 is 1.72. The zero-order valence-electron chi connectivity index (χ0n) is 17.0. The Morgan fingerprint density at radius 2 is 2.00 bits per heavy atom. The molecule has 0 aliphatic carbocycles. The van der Waals surface area contributed by atoms with Crippen LogP contribution in [-0.2, 0) is 19.6 Å². The van der Waals surface area contributed by atoms with Crippen LogP contribution in [0.25, 0.3) is 0 Å². The Kier molecular flexibility index (Phi) is 6.54. The molecule has 30 heavy (non-hydrogen) atoms. The van der Waals surface area contributed by atoms with Crippen molar-refractivity contribution in [3.8, 4) is 0 Å². The van der Waals surface area contributed by atoms with Gasteiger partial charge in [0, 0.05) is 29.7 Å². The number of hydrogen-bond donors (Lipinski definition) is 1. The van der Waals surface area contributed by atoms with Gasteiger partial charge in [0.25, 0.3) is 0 Å². The van der Waals surface area contributed by atoms with Crippen molar-refractivity contribution in [3.05, 3.63) is 46.7 Å². The van der Waals surface area contributed by atoms with Gasteiger partial charge in [-0.3, -0.25) is 9.69 Å². The Hall–Kier alpha value is -1.78. The summed E-state index contributed by atoms with van der Waals surface area (Å²) in [4.78, 5) is 16.7. The van der Waals surface area contributed by atoms with Crippen molar-refractivity contribution < 1.29 is 17.9 Å². The number of likely N-dealkylation sites (tertiary alicyclic amines) is 1. The molecule has 1 aromatic carbocycles. The molecule has 1 N–H and O–H groups in total. The number of morpholine rings is 1. The maximum absolute atomic E-state index is 13.0. The first-order valence-corrected chi connectivity index (χ1v) is 12.6. The van der Waals surface area contributed by atoms with Gasteiger partial charge in [-0.25, -0.2) is 8.42 Å². The van der Waals surface area contributed by atoms with E-state index < -0.39 is 10.0 Å². The molecular weight excluding hydrogens is 422 g/mol. The second kappa shape index (κ2) is 9.15. The van der Waals surface area contributed by atoms with Gasteiger partial charge in [0.1, 0.15) is 0 Å². The highest BCUT2D eigenvalue weighted by molar-refractivity contribution is 7.89. The second-order valence-electron chi connectivity index (χ2n) is 7.62. The number of nitrogens with zero attached hydrogens (tertiary/aromatic N) is 2. The lowest BCUT2D eigenvalue weighted by atomic mass is 10.1. The van der Waals surface area contributed by atoms with E-state index in [2.05, 4.69) is 21.7 Å². The highest BCUT2D eigenvalue weighted by Crippen LogP contribution is 2.36. The number of carbonyl (C=O) groups is 1. The van der Waals surface area contributed by atoms with E-state index in [1.807, 2.05) is 13.0 Å². The van der Waals surface area contributed by atoms with Crippen LogP contribution in [0.15, 0.2) is 46.7 Å². The SMILES string of the molecule is CC(C(=O)Nc1cccc(S(=O)(=O)N2CCOCC2)c1)N1CCCC1c1cccs1. The predicted octanol–water partition coefficient (Wildman–Crippen LogP) is 2.93. The minimum atomic E-state index is -3.60. The van der Waals surface area contributed by atoms with Gasteiger partial charge in [0.2, 0.25) is 15.9 Å². The molecule has 2 fully saturated rings. The minimum absolute atomic E-state index is 0.126. The number of anilines is 1. The molecule has 1 aromatic heterocycles. The van der Waals surface area contributed by atoms with Gasteiger partial charge in [-0.2, -0.15) is 4.31 Å². The number of ether oxygens (including phenoxy) is 1. The molecule has 2 unspecified atom stereocenters. The highest BCUT2D eigenvalue weighted by Gasteiger charge is 2.33. The van der Waals surface area contributed by atoms with Crippen LogP contribution in [0.5, 0.6) is 0 Å². The first-order valence-electron chi connectivity index (χ1n) is 10.2. The molecule has 2 atom stereocenters. The molecule has 0 spiro atoms. The van der Waals surface area contributed by atoms with Crippen molar-refractivity contribution >= 4 is 33.0 Å². The maximum atomic E-state index is 13.0. The van der Waals surface area contributed by atoms with E-state index in [0.717, 1.165) is 19.4 Å². The highest BCUT2D eigenvalue weighted by atomic mass is 32.2. The van der Waals surface area contributed by atoms with Crippen LogP contribution >= 0.6 is 11.3 Å².